The van der Waals surface area contributed by atoms with E-state index < -0.39 is 5.92 Å². The number of ether oxygens (including phenoxy) is 1. The van der Waals surface area contributed by atoms with E-state index >= 15 is 0 Å². The molecule has 0 saturated heterocycles. The average molecular weight is 468 g/mol. The van der Waals surface area contributed by atoms with Gasteiger partial charge in [0.1, 0.15) is 29.0 Å². The molecule has 5 rings (SSSR count). The fourth-order valence-corrected chi connectivity index (χ4v) is 4.76. The Balaban J connectivity index is 1.64. The fourth-order valence-electron chi connectivity index (χ4n) is 4.76. The Kier molecular flexibility index (Phi) is 6.17. The number of benzene rings is 3. The highest BCUT2D eigenvalue weighted by Gasteiger charge is 2.37. The quantitative estimate of drug-likeness (QED) is 0.541. The summed E-state index contributed by atoms with van der Waals surface area (Å²) < 4.78 is 34.1. The molecule has 3 aromatic rings. The van der Waals surface area contributed by atoms with Crippen LogP contribution in [-0.4, -0.2) is 18.0 Å². The van der Waals surface area contributed by atoms with Gasteiger partial charge in [0.25, 0.3) is 0 Å². The molecule has 2 aliphatic rings. The summed E-state index contributed by atoms with van der Waals surface area (Å²) in [4.78, 5) is 2.23. The summed E-state index contributed by atoms with van der Waals surface area (Å²) in [5.41, 5.74) is 10.6. The zero-order valence-corrected chi connectivity index (χ0v) is 18.9. The lowest BCUT2D eigenvalue weighted by Gasteiger charge is -2.38. The predicted octanol–water partition coefficient (Wildman–Crippen LogP) is 5.63. The third kappa shape index (κ3) is 4.72. The standard InChI is InChI=1S/C29H23F2N3O/c30-23-10-4-8-20(13-23)12-22-17-34(16-19-6-2-1-3-7-19)18-26-27(21-9-5-11-24(31)14-21)25(15-32)29(33)35-28(22)26/h1-14,27H,16-18,33H2/b22-12+/t27-/m1/s1. The molecular formula is C29H23F2N3O. The van der Waals surface area contributed by atoms with Crippen molar-refractivity contribution >= 4 is 6.08 Å². The van der Waals surface area contributed by atoms with Crippen molar-refractivity contribution in [1.82, 2.24) is 4.90 Å². The van der Waals surface area contributed by atoms with Crippen molar-refractivity contribution < 1.29 is 13.5 Å². The molecule has 0 bridgehead atoms. The minimum absolute atomic E-state index is 0.00200. The van der Waals surface area contributed by atoms with E-state index in [2.05, 4.69) is 23.1 Å². The van der Waals surface area contributed by atoms with Crippen LogP contribution in [0, 0.1) is 23.0 Å². The zero-order chi connectivity index (χ0) is 24.4. The highest BCUT2D eigenvalue weighted by atomic mass is 19.1. The van der Waals surface area contributed by atoms with Crippen molar-refractivity contribution in [3.05, 3.63) is 136 Å². The van der Waals surface area contributed by atoms with Gasteiger partial charge in [0.15, 0.2) is 0 Å². The highest BCUT2D eigenvalue weighted by Crippen LogP contribution is 2.44. The van der Waals surface area contributed by atoms with Gasteiger partial charge in [-0.2, -0.15) is 5.26 Å². The third-order valence-electron chi connectivity index (χ3n) is 6.23. The molecule has 35 heavy (non-hydrogen) atoms. The molecule has 0 aliphatic carbocycles. The molecule has 2 N–H and O–H groups in total. The van der Waals surface area contributed by atoms with Crippen molar-refractivity contribution in [2.24, 2.45) is 5.73 Å². The Labute approximate surface area is 202 Å². The molecule has 0 amide bonds. The second-order valence-electron chi connectivity index (χ2n) is 8.69. The molecule has 0 radical (unpaired) electrons. The summed E-state index contributed by atoms with van der Waals surface area (Å²) in [5, 5.41) is 9.93. The molecule has 1 atom stereocenters. The molecular weight excluding hydrogens is 444 g/mol. The summed E-state index contributed by atoms with van der Waals surface area (Å²) in [5.74, 6) is -0.709. The lowest BCUT2D eigenvalue weighted by atomic mass is 9.80. The van der Waals surface area contributed by atoms with Crippen LogP contribution in [-0.2, 0) is 11.3 Å². The number of hydrogen-bond acceptors (Lipinski definition) is 4. The van der Waals surface area contributed by atoms with Gasteiger partial charge in [-0.05, 0) is 52.6 Å². The first kappa shape index (κ1) is 22.6. The molecule has 0 spiro atoms. The maximum Gasteiger partial charge on any atom is 0.205 e. The van der Waals surface area contributed by atoms with E-state index in [0.717, 1.165) is 16.7 Å². The summed E-state index contributed by atoms with van der Waals surface area (Å²) in [6.07, 6.45) is 1.88. The van der Waals surface area contributed by atoms with Gasteiger partial charge < -0.3 is 10.5 Å². The molecule has 4 nitrogen and oxygen atoms in total. The van der Waals surface area contributed by atoms with E-state index in [1.807, 2.05) is 30.3 Å². The van der Waals surface area contributed by atoms with Crippen molar-refractivity contribution in [3.8, 4) is 6.07 Å². The number of allylic oxidation sites excluding steroid dienone is 1. The highest BCUT2D eigenvalue weighted by molar-refractivity contribution is 5.63. The maximum atomic E-state index is 14.2. The van der Waals surface area contributed by atoms with Crippen LogP contribution in [0.5, 0.6) is 0 Å². The van der Waals surface area contributed by atoms with E-state index in [1.54, 1.807) is 18.2 Å². The van der Waals surface area contributed by atoms with E-state index in [1.165, 1.54) is 24.3 Å². The molecule has 0 saturated carbocycles. The third-order valence-corrected chi connectivity index (χ3v) is 6.23. The van der Waals surface area contributed by atoms with Crippen LogP contribution in [0.4, 0.5) is 8.78 Å². The fraction of sp³-hybridized carbons (Fsp3) is 0.138. The van der Waals surface area contributed by atoms with Gasteiger partial charge in [0.05, 0.1) is 5.92 Å². The molecule has 0 fully saturated rings. The van der Waals surface area contributed by atoms with Gasteiger partial charge in [-0.25, -0.2) is 8.78 Å². The Bertz CT molecular complexity index is 1400. The second-order valence-corrected chi connectivity index (χ2v) is 8.69. The van der Waals surface area contributed by atoms with E-state index in [9.17, 15) is 14.0 Å². The summed E-state index contributed by atoms with van der Waals surface area (Å²) >= 11 is 0. The van der Waals surface area contributed by atoms with Crippen molar-refractivity contribution in [3.63, 3.8) is 0 Å². The van der Waals surface area contributed by atoms with Gasteiger partial charge in [-0.3, -0.25) is 4.90 Å². The number of hydrogen-bond donors (Lipinski definition) is 1. The first-order valence-corrected chi connectivity index (χ1v) is 11.3. The van der Waals surface area contributed by atoms with Crippen LogP contribution in [0.2, 0.25) is 0 Å². The first-order chi connectivity index (χ1) is 17.0. The Morgan fingerprint density at radius 3 is 2.43 bits per heavy atom. The average Bonchev–Trinajstić information content (AvgIpc) is 2.84. The Hall–Kier alpha value is -4.21. The number of nitrogens with two attached hydrogens (primary N) is 1. The smallest absolute Gasteiger partial charge is 0.205 e. The van der Waals surface area contributed by atoms with Crippen LogP contribution in [0.25, 0.3) is 6.08 Å². The lowest BCUT2D eigenvalue weighted by molar-refractivity contribution is 0.230. The normalized spacial score (nSPS) is 19.3. The molecule has 0 unspecified atom stereocenters. The van der Waals surface area contributed by atoms with E-state index in [4.69, 9.17) is 10.5 Å². The molecule has 3 aromatic carbocycles. The van der Waals surface area contributed by atoms with Gasteiger partial charge in [-0.1, -0.05) is 54.6 Å². The van der Waals surface area contributed by atoms with Crippen LogP contribution in [0.3, 0.4) is 0 Å². The van der Waals surface area contributed by atoms with Gasteiger partial charge >= 0.3 is 0 Å². The monoisotopic (exact) mass is 467 g/mol. The molecule has 174 valence electrons. The Morgan fingerprint density at radius 1 is 0.971 bits per heavy atom. The van der Waals surface area contributed by atoms with Crippen molar-refractivity contribution in [2.75, 3.05) is 13.1 Å². The van der Waals surface area contributed by atoms with Crippen LogP contribution in [0.1, 0.15) is 22.6 Å². The maximum absolute atomic E-state index is 14.2. The molecule has 2 aliphatic heterocycles. The first-order valence-electron chi connectivity index (χ1n) is 11.3. The molecule has 6 heteroatoms. The summed E-state index contributed by atoms with van der Waals surface area (Å²) in [6, 6.07) is 24.8. The number of nitrogens with zero attached hydrogens (tertiary/aromatic N) is 2. The van der Waals surface area contributed by atoms with E-state index in [0.29, 0.717) is 36.5 Å². The second kappa shape index (κ2) is 9.57. The van der Waals surface area contributed by atoms with Crippen LogP contribution < -0.4 is 5.73 Å². The summed E-state index contributed by atoms with van der Waals surface area (Å²) in [6.45, 7) is 1.70. The minimum Gasteiger partial charge on any atom is -0.440 e. The van der Waals surface area contributed by atoms with Gasteiger partial charge in [-0.15, -0.1) is 0 Å². The largest absolute Gasteiger partial charge is 0.440 e. The Morgan fingerprint density at radius 2 is 1.71 bits per heavy atom. The number of rotatable bonds is 4. The zero-order valence-electron chi connectivity index (χ0n) is 18.9. The lowest BCUT2D eigenvalue weighted by Crippen LogP contribution is -2.37. The van der Waals surface area contributed by atoms with Crippen LogP contribution >= 0.6 is 0 Å². The van der Waals surface area contributed by atoms with E-state index in [-0.39, 0.29) is 23.1 Å². The SMILES string of the molecule is N#CC1=C(N)OC2=C(CN(Cc3ccccc3)C/C2=C\c2cccc(F)c2)[C@@H]1c1cccc(F)c1. The van der Waals surface area contributed by atoms with Crippen LogP contribution in [0.15, 0.2) is 107 Å². The van der Waals surface area contributed by atoms with Gasteiger partial charge in [0.2, 0.25) is 5.88 Å². The molecule has 0 aromatic heterocycles. The van der Waals surface area contributed by atoms with Gasteiger partial charge in [0, 0.05) is 25.2 Å². The number of nitriles is 1. The number of halogens is 2. The minimum atomic E-state index is -0.547. The summed E-state index contributed by atoms with van der Waals surface area (Å²) in [7, 11) is 0. The predicted molar refractivity (Wildman–Crippen MR) is 130 cm³/mol. The van der Waals surface area contributed by atoms with Crippen molar-refractivity contribution in [2.45, 2.75) is 12.5 Å². The molecule has 2 heterocycles. The topological polar surface area (TPSA) is 62.3 Å². The van der Waals surface area contributed by atoms with Crippen molar-refractivity contribution in [1.29, 1.82) is 5.26 Å².